The molecule has 0 spiro atoms. The van der Waals surface area contributed by atoms with Crippen molar-refractivity contribution in [3.8, 4) is 0 Å². The topological polar surface area (TPSA) is 37.3 Å². The van der Waals surface area contributed by atoms with Crippen LogP contribution < -0.4 is 0 Å². The maximum Gasteiger partial charge on any atom is 0.316 e. The number of carboxylic acid groups (broad SMARTS) is 1. The molecule has 0 amide bonds. The van der Waals surface area contributed by atoms with E-state index in [9.17, 15) is 4.79 Å². The van der Waals surface area contributed by atoms with Crippen LogP contribution in [0.1, 0.15) is 46.0 Å². The van der Waals surface area contributed by atoms with Gasteiger partial charge < -0.3 is 5.11 Å². The van der Waals surface area contributed by atoms with Crippen molar-refractivity contribution in [1.29, 1.82) is 0 Å². The molecule has 3 heteroatoms. The monoisotopic (exact) mass is 216 g/mol. The highest BCUT2D eigenvalue weighted by atomic mass is 32.2. The summed E-state index contributed by atoms with van der Waals surface area (Å²) in [6, 6.07) is 0. The van der Waals surface area contributed by atoms with Gasteiger partial charge in [-0.25, -0.2) is 0 Å². The Morgan fingerprint density at radius 1 is 1.43 bits per heavy atom. The Hall–Kier alpha value is -0.180. The standard InChI is InChI=1S/C11H20O2S/c1-3-9-4-6-10(7-5-9)14-8(2)11(12)13/h8-10H,3-7H2,1-2H3,(H,12,13). The van der Waals surface area contributed by atoms with Gasteiger partial charge in [0.2, 0.25) is 0 Å². The Bertz CT molecular complexity index is 186. The van der Waals surface area contributed by atoms with Gasteiger partial charge >= 0.3 is 5.97 Å². The van der Waals surface area contributed by atoms with E-state index in [4.69, 9.17) is 5.11 Å². The summed E-state index contributed by atoms with van der Waals surface area (Å²) in [5.74, 6) is 0.222. The molecule has 14 heavy (non-hydrogen) atoms. The SMILES string of the molecule is CCC1CCC(SC(C)C(=O)O)CC1. The lowest BCUT2D eigenvalue weighted by atomic mass is 9.87. The number of thioether (sulfide) groups is 1. The number of hydrogen-bond acceptors (Lipinski definition) is 2. The summed E-state index contributed by atoms with van der Waals surface area (Å²) in [6.07, 6.45) is 6.29. The van der Waals surface area contributed by atoms with E-state index in [1.54, 1.807) is 18.7 Å². The van der Waals surface area contributed by atoms with Crippen molar-refractivity contribution in [1.82, 2.24) is 0 Å². The van der Waals surface area contributed by atoms with Crippen LogP contribution in [0.4, 0.5) is 0 Å². The van der Waals surface area contributed by atoms with Crippen molar-refractivity contribution < 1.29 is 9.90 Å². The normalized spacial score (nSPS) is 29.9. The molecule has 1 aliphatic carbocycles. The Labute approximate surface area is 90.5 Å². The quantitative estimate of drug-likeness (QED) is 0.784. The third-order valence-electron chi connectivity index (χ3n) is 3.12. The van der Waals surface area contributed by atoms with Crippen LogP contribution in [0.3, 0.4) is 0 Å². The molecular formula is C11H20O2S. The molecule has 0 aromatic rings. The highest BCUT2D eigenvalue weighted by molar-refractivity contribution is 8.01. The van der Waals surface area contributed by atoms with Gasteiger partial charge in [0.15, 0.2) is 0 Å². The van der Waals surface area contributed by atoms with E-state index in [-0.39, 0.29) is 5.25 Å². The van der Waals surface area contributed by atoms with Crippen molar-refractivity contribution in [2.45, 2.75) is 56.5 Å². The number of rotatable bonds is 4. The molecule has 0 aromatic heterocycles. The van der Waals surface area contributed by atoms with Crippen LogP contribution in [-0.4, -0.2) is 21.6 Å². The highest BCUT2D eigenvalue weighted by Gasteiger charge is 2.24. The first-order chi connectivity index (χ1) is 6.63. The van der Waals surface area contributed by atoms with Crippen LogP contribution in [-0.2, 0) is 4.79 Å². The maximum atomic E-state index is 10.7. The lowest BCUT2D eigenvalue weighted by Gasteiger charge is -2.28. The summed E-state index contributed by atoms with van der Waals surface area (Å²) < 4.78 is 0. The largest absolute Gasteiger partial charge is 0.480 e. The van der Waals surface area contributed by atoms with Gasteiger partial charge in [-0.1, -0.05) is 13.3 Å². The lowest BCUT2D eigenvalue weighted by Crippen LogP contribution is -2.21. The van der Waals surface area contributed by atoms with Crippen molar-refractivity contribution in [3.05, 3.63) is 0 Å². The summed E-state index contributed by atoms with van der Waals surface area (Å²) in [5.41, 5.74) is 0. The first kappa shape index (κ1) is 11.9. The molecule has 1 aliphatic rings. The van der Waals surface area contributed by atoms with Crippen molar-refractivity contribution in [2.24, 2.45) is 5.92 Å². The van der Waals surface area contributed by atoms with Gasteiger partial charge in [0.1, 0.15) is 0 Å². The van der Waals surface area contributed by atoms with E-state index in [1.807, 2.05) is 0 Å². The molecule has 1 fully saturated rings. The lowest BCUT2D eigenvalue weighted by molar-refractivity contribution is -0.136. The molecule has 0 bridgehead atoms. The Morgan fingerprint density at radius 2 is 2.00 bits per heavy atom. The Kier molecular flexibility index (Phi) is 4.79. The minimum atomic E-state index is -0.674. The summed E-state index contributed by atoms with van der Waals surface area (Å²) in [4.78, 5) is 10.7. The molecule has 1 atom stereocenters. The van der Waals surface area contributed by atoms with Crippen molar-refractivity contribution >= 4 is 17.7 Å². The molecule has 2 nitrogen and oxygen atoms in total. The molecule has 0 radical (unpaired) electrons. The van der Waals surface area contributed by atoms with Crippen LogP contribution >= 0.6 is 11.8 Å². The fourth-order valence-electron chi connectivity index (χ4n) is 2.02. The Morgan fingerprint density at radius 3 is 2.43 bits per heavy atom. The fraction of sp³-hybridized carbons (Fsp3) is 0.909. The van der Waals surface area contributed by atoms with E-state index in [0.717, 1.165) is 5.92 Å². The van der Waals surface area contributed by atoms with Gasteiger partial charge in [-0.3, -0.25) is 4.79 Å². The van der Waals surface area contributed by atoms with Gasteiger partial charge in [0.25, 0.3) is 0 Å². The summed E-state index contributed by atoms with van der Waals surface area (Å²) >= 11 is 1.64. The average Bonchev–Trinajstić information content (AvgIpc) is 2.19. The number of carbonyl (C=O) groups is 1. The second-order valence-corrected chi connectivity index (χ2v) is 5.81. The minimum absolute atomic E-state index is 0.238. The van der Waals surface area contributed by atoms with E-state index in [2.05, 4.69) is 6.92 Å². The Balaban J connectivity index is 2.25. The molecule has 0 heterocycles. The molecular weight excluding hydrogens is 196 g/mol. The first-order valence-electron chi connectivity index (χ1n) is 5.51. The third-order valence-corrected chi connectivity index (χ3v) is 4.58. The number of hydrogen-bond donors (Lipinski definition) is 1. The second kappa shape index (κ2) is 5.64. The second-order valence-electron chi connectivity index (χ2n) is 4.17. The molecule has 82 valence electrons. The van der Waals surface area contributed by atoms with Crippen molar-refractivity contribution in [3.63, 3.8) is 0 Å². The average molecular weight is 216 g/mol. The number of carboxylic acids is 1. The summed E-state index contributed by atoms with van der Waals surface area (Å²) in [7, 11) is 0. The molecule has 1 saturated carbocycles. The van der Waals surface area contributed by atoms with E-state index in [0.29, 0.717) is 5.25 Å². The van der Waals surface area contributed by atoms with Gasteiger partial charge in [-0.2, -0.15) is 0 Å². The first-order valence-corrected chi connectivity index (χ1v) is 6.46. The zero-order valence-electron chi connectivity index (χ0n) is 9.03. The molecule has 0 aromatic carbocycles. The van der Waals surface area contributed by atoms with Crippen molar-refractivity contribution in [2.75, 3.05) is 0 Å². The number of aliphatic carboxylic acids is 1. The van der Waals surface area contributed by atoms with E-state index >= 15 is 0 Å². The van der Waals surface area contributed by atoms with Gasteiger partial charge in [0, 0.05) is 5.25 Å². The zero-order chi connectivity index (χ0) is 10.6. The third kappa shape index (κ3) is 3.52. The predicted octanol–water partition coefficient (Wildman–Crippen LogP) is 3.16. The zero-order valence-corrected chi connectivity index (χ0v) is 9.85. The molecule has 1 rings (SSSR count). The van der Waals surface area contributed by atoms with Crippen LogP contribution in [0.2, 0.25) is 0 Å². The molecule has 0 aliphatic heterocycles. The van der Waals surface area contributed by atoms with Crippen LogP contribution in [0, 0.1) is 5.92 Å². The van der Waals surface area contributed by atoms with Gasteiger partial charge in [-0.15, -0.1) is 11.8 Å². The van der Waals surface area contributed by atoms with Crippen LogP contribution in [0.15, 0.2) is 0 Å². The predicted molar refractivity (Wildman–Crippen MR) is 60.7 cm³/mol. The van der Waals surface area contributed by atoms with Crippen LogP contribution in [0.5, 0.6) is 0 Å². The molecule has 1 unspecified atom stereocenters. The highest BCUT2D eigenvalue weighted by Crippen LogP contribution is 2.35. The van der Waals surface area contributed by atoms with E-state index in [1.165, 1.54) is 32.1 Å². The van der Waals surface area contributed by atoms with Gasteiger partial charge in [0.05, 0.1) is 5.25 Å². The fourth-order valence-corrected chi connectivity index (χ4v) is 3.26. The van der Waals surface area contributed by atoms with Crippen LogP contribution in [0.25, 0.3) is 0 Å². The van der Waals surface area contributed by atoms with Gasteiger partial charge in [-0.05, 0) is 38.5 Å². The molecule has 0 saturated heterocycles. The maximum absolute atomic E-state index is 10.7. The summed E-state index contributed by atoms with van der Waals surface area (Å²) in [6.45, 7) is 4.04. The van der Waals surface area contributed by atoms with E-state index < -0.39 is 5.97 Å². The summed E-state index contributed by atoms with van der Waals surface area (Å²) in [5, 5.41) is 9.14. The minimum Gasteiger partial charge on any atom is -0.480 e. The smallest absolute Gasteiger partial charge is 0.316 e. The molecule has 1 N–H and O–H groups in total.